The summed E-state index contributed by atoms with van der Waals surface area (Å²) in [5.41, 5.74) is -0.927. The zero-order chi connectivity index (χ0) is 10.8. The molecule has 8 heteroatoms. The van der Waals surface area contributed by atoms with Crippen LogP contribution in [0.15, 0.2) is 23.1 Å². The van der Waals surface area contributed by atoms with E-state index in [-0.39, 0.29) is 66.3 Å². The van der Waals surface area contributed by atoms with Gasteiger partial charge in [-0.1, -0.05) is 29.3 Å². The van der Waals surface area contributed by atoms with Crippen molar-refractivity contribution in [2.24, 2.45) is 0 Å². The fourth-order valence-corrected chi connectivity index (χ4v) is 2.29. The second kappa shape index (κ2) is 7.16. The van der Waals surface area contributed by atoms with E-state index in [0.717, 1.165) is 0 Å². The molecule has 1 aromatic carbocycles. The Morgan fingerprint density at radius 2 is 1.60 bits per heavy atom. The van der Waals surface area contributed by atoms with Crippen LogP contribution in [0.1, 0.15) is 0 Å². The number of thioether (sulfide) groups is 1. The van der Waals surface area contributed by atoms with E-state index in [9.17, 15) is 12.9 Å². The minimum Gasteiger partial charge on any atom is -0.448 e. The van der Waals surface area contributed by atoms with Gasteiger partial charge in [0.2, 0.25) is 0 Å². The minimum absolute atomic E-state index is 0. The number of rotatable bonds is 3. The zero-order valence-electron chi connectivity index (χ0n) is 7.81. The molecular weight excluding hydrogens is 294 g/mol. The monoisotopic (exact) mass is 298 g/mol. The van der Waals surface area contributed by atoms with Gasteiger partial charge in [-0.2, -0.15) is 11.8 Å². The normalized spacial score (nSPS) is 11.0. The average molecular weight is 299 g/mol. The van der Waals surface area contributed by atoms with E-state index in [1.165, 1.54) is 12.1 Å². The molecule has 0 aromatic heterocycles. The van der Waals surface area contributed by atoms with Gasteiger partial charge in [0.25, 0.3) is 0 Å². The molecule has 0 fully saturated rings. The van der Waals surface area contributed by atoms with E-state index in [4.69, 9.17) is 23.2 Å². The van der Waals surface area contributed by atoms with Crippen molar-refractivity contribution in [2.75, 3.05) is 5.65 Å². The zero-order valence-corrected chi connectivity index (χ0v) is 13.3. The Bertz CT molecular complexity index is 314. The van der Waals surface area contributed by atoms with Crippen molar-refractivity contribution in [1.82, 2.24) is 0 Å². The molecule has 0 aliphatic heterocycles. The molecule has 0 heterocycles. The molecule has 0 bridgehead atoms. The molecule has 0 atom stereocenters. The second-order valence-electron chi connectivity index (χ2n) is 2.57. The van der Waals surface area contributed by atoms with Crippen LogP contribution >= 0.6 is 35.0 Å². The first-order valence-corrected chi connectivity index (χ1v) is 5.42. The summed E-state index contributed by atoms with van der Waals surface area (Å²) in [6.07, 6.45) is 0. The van der Waals surface area contributed by atoms with Gasteiger partial charge in [0.05, 0.1) is 10.0 Å². The average Bonchev–Trinajstić information content (AvgIpc) is 2.01. The van der Waals surface area contributed by atoms with Crippen molar-refractivity contribution >= 4 is 41.9 Å². The number of halogens is 5. The third-order valence-corrected chi connectivity index (χ3v) is 3.46. The SMILES string of the molecule is F[B-](F)(F)CSc1c(Cl)cccc1Cl.[K+]. The smallest absolute Gasteiger partial charge is 0.448 e. The maximum absolute atomic E-state index is 12.0. The Hall–Kier alpha value is 1.64. The van der Waals surface area contributed by atoms with Crippen molar-refractivity contribution in [3.8, 4) is 0 Å². The molecule has 78 valence electrons. The van der Waals surface area contributed by atoms with E-state index in [2.05, 4.69) is 0 Å². The Labute approximate surface area is 143 Å². The van der Waals surface area contributed by atoms with E-state index in [0.29, 0.717) is 11.8 Å². The van der Waals surface area contributed by atoms with Gasteiger partial charge in [0.1, 0.15) is 0 Å². The molecule has 0 aliphatic rings. The largest absolute Gasteiger partial charge is 1.00 e. The summed E-state index contributed by atoms with van der Waals surface area (Å²) in [6, 6.07) is 4.62. The van der Waals surface area contributed by atoms with E-state index in [1.807, 2.05) is 0 Å². The molecule has 0 saturated heterocycles. The fraction of sp³-hybridized carbons (Fsp3) is 0.143. The molecule has 15 heavy (non-hydrogen) atoms. The number of hydrogen-bond acceptors (Lipinski definition) is 1. The summed E-state index contributed by atoms with van der Waals surface area (Å²) >= 11 is 12.0. The predicted octanol–water partition coefficient (Wildman–Crippen LogP) is 1.48. The fourth-order valence-electron chi connectivity index (χ4n) is 0.798. The molecule has 0 aliphatic carbocycles. The molecule has 1 rings (SSSR count). The summed E-state index contributed by atoms with van der Waals surface area (Å²) in [4.78, 5) is 0.287. The summed E-state index contributed by atoms with van der Waals surface area (Å²) in [7, 11) is 0. The molecule has 0 saturated carbocycles. The molecule has 0 N–H and O–H groups in total. The van der Waals surface area contributed by atoms with Crippen LogP contribution in [0.25, 0.3) is 0 Å². The molecule has 0 unspecified atom stereocenters. The van der Waals surface area contributed by atoms with Crippen LogP contribution in [0, 0.1) is 0 Å². The second-order valence-corrected chi connectivity index (χ2v) is 4.42. The number of benzene rings is 1. The van der Waals surface area contributed by atoms with Crippen LogP contribution in [0.5, 0.6) is 0 Å². The van der Waals surface area contributed by atoms with Crippen molar-refractivity contribution in [2.45, 2.75) is 4.90 Å². The van der Waals surface area contributed by atoms with Gasteiger partial charge in [0, 0.05) is 4.90 Å². The van der Waals surface area contributed by atoms with Crippen LogP contribution in [0.2, 0.25) is 10.0 Å². The molecule has 0 spiro atoms. The summed E-state index contributed by atoms with van der Waals surface area (Å²) < 4.78 is 35.9. The van der Waals surface area contributed by atoms with Crippen LogP contribution in [0.3, 0.4) is 0 Å². The molecule has 0 radical (unpaired) electrons. The van der Waals surface area contributed by atoms with Gasteiger partial charge in [-0.25, -0.2) is 0 Å². The van der Waals surface area contributed by atoms with Crippen molar-refractivity contribution in [3.05, 3.63) is 28.2 Å². The van der Waals surface area contributed by atoms with Crippen molar-refractivity contribution in [3.63, 3.8) is 0 Å². The minimum atomic E-state index is -4.81. The summed E-state index contributed by atoms with van der Waals surface area (Å²) in [6.45, 7) is -4.81. The van der Waals surface area contributed by atoms with Gasteiger partial charge < -0.3 is 12.9 Å². The number of hydrogen-bond donors (Lipinski definition) is 0. The first kappa shape index (κ1) is 16.6. The Kier molecular flexibility index (Phi) is 7.94. The predicted molar refractivity (Wildman–Crippen MR) is 56.3 cm³/mol. The molecule has 0 nitrogen and oxygen atoms in total. The van der Waals surface area contributed by atoms with E-state index < -0.39 is 12.6 Å². The van der Waals surface area contributed by atoms with E-state index in [1.54, 1.807) is 6.07 Å². The molecule has 0 amide bonds. The van der Waals surface area contributed by atoms with Gasteiger partial charge >= 0.3 is 58.4 Å². The first-order valence-electron chi connectivity index (χ1n) is 3.68. The van der Waals surface area contributed by atoms with Gasteiger partial charge in [-0.15, -0.1) is 0 Å². The summed E-state index contributed by atoms with van der Waals surface area (Å²) in [5.74, 6) is 0. The van der Waals surface area contributed by atoms with Crippen LogP contribution < -0.4 is 51.4 Å². The standard InChI is InChI=1S/C7H5BCl2F3S.K/c9-5-2-1-3-6(10)7(5)14-4-8(11,12)13;/h1-3H,4H2;/q-1;+1. The Balaban J connectivity index is 0.00000196. The summed E-state index contributed by atoms with van der Waals surface area (Å²) in [5, 5.41) is 0.505. The quantitative estimate of drug-likeness (QED) is 0.602. The topological polar surface area (TPSA) is 0 Å². The van der Waals surface area contributed by atoms with Crippen LogP contribution in [-0.4, -0.2) is 12.6 Å². The third kappa shape index (κ3) is 6.21. The van der Waals surface area contributed by atoms with Gasteiger partial charge in [0.15, 0.2) is 0 Å². The Morgan fingerprint density at radius 3 is 2.00 bits per heavy atom. The maximum Gasteiger partial charge on any atom is 1.00 e. The third-order valence-electron chi connectivity index (χ3n) is 1.34. The van der Waals surface area contributed by atoms with Crippen LogP contribution in [-0.2, 0) is 0 Å². The van der Waals surface area contributed by atoms with E-state index >= 15 is 0 Å². The Morgan fingerprint density at radius 1 is 1.13 bits per heavy atom. The van der Waals surface area contributed by atoms with Crippen LogP contribution in [0.4, 0.5) is 12.9 Å². The maximum atomic E-state index is 12.0. The molecular formula is C7H5BCl2F3KS. The van der Waals surface area contributed by atoms with Crippen molar-refractivity contribution in [1.29, 1.82) is 0 Å². The van der Waals surface area contributed by atoms with Gasteiger partial charge in [-0.05, 0) is 17.8 Å². The first-order chi connectivity index (χ1) is 6.40. The van der Waals surface area contributed by atoms with Crippen molar-refractivity contribution < 1.29 is 64.3 Å². The molecule has 1 aromatic rings. The van der Waals surface area contributed by atoms with Gasteiger partial charge in [-0.3, -0.25) is 0 Å².